The number of rotatable bonds is 5. The minimum absolute atomic E-state index is 0.214. The summed E-state index contributed by atoms with van der Waals surface area (Å²) in [4.78, 5) is 0. The topological polar surface area (TPSA) is 57.6 Å². The van der Waals surface area contributed by atoms with Gasteiger partial charge in [0.15, 0.2) is 0 Å². The molecule has 1 heterocycles. The van der Waals surface area contributed by atoms with Gasteiger partial charge >= 0.3 is 0 Å². The van der Waals surface area contributed by atoms with Gasteiger partial charge in [0, 0.05) is 19.7 Å². The summed E-state index contributed by atoms with van der Waals surface area (Å²) in [6.45, 7) is 3.57. The molecule has 0 aromatic rings. The summed E-state index contributed by atoms with van der Waals surface area (Å²) < 4.78 is 24.4. The molecule has 2 atom stereocenters. The first-order chi connectivity index (χ1) is 7.47. The Morgan fingerprint density at radius 3 is 2.69 bits per heavy atom. The van der Waals surface area contributed by atoms with E-state index in [4.69, 9.17) is 5.11 Å². The van der Waals surface area contributed by atoms with Crippen LogP contribution in [0.5, 0.6) is 0 Å². The first kappa shape index (κ1) is 13.9. The minimum Gasteiger partial charge on any atom is -0.396 e. The lowest BCUT2D eigenvalue weighted by molar-refractivity contribution is 0.169. The number of aliphatic hydroxyl groups excluding tert-OH is 1. The standard InChI is InChI=1S/C11H23NO3S/c1-3-10(9-13)7-11-5-4-6-12(8-11)16(2,14)15/h10-11,13H,3-9H2,1-2H3. The summed E-state index contributed by atoms with van der Waals surface area (Å²) in [7, 11) is -3.04. The lowest BCUT2D eigenvalue weighted by Gasteiger charge is -2.32. The van der Waals surface area contributed by atoms with E-state index in [2.05, 4.69) is 6.92 Å². The summed E-state index contributed by atoms with van der Waals surface area (Å²) in [6, 6.07) is 0. The quantitative estimate of drug-likeness (QED) is 0.793. The summed E-state index contributed by atoms with van der Waals surface area (Å²) in [5.74, 6) is 0.741. The molecule has 96 valence electrons. The Balaban J connectivity index is 2.51. The van der Waals surface area contributed by atoms with Crippen molar-refractivity contribution in [1.82, 2.24) is 4.31 Å². The fourth-order valence-electron chi connectivity index (χ4n) is 2.36. The van der Waals surface area contributed by atoms with Crippen molar-refractivity contribution in [3.8, 4) is 0 Å². The Kier molecular flexibility index (Phi) is 5.21. The second-order valence-electron chi connectivity index (χ2n) is 4.82. The van der Waals surface area contributed by atoms with E-state index in [1.165, 1.54) is 6.26 Å². The van der Waals surface area contributed by atoms with Crippen LogP contribution in [0.4, 0.5) is 0 Å². The van der Waals surface area contributed by atoms with Crippen LogP contribution in [0.2, 0.25) is 0 Å². The van der Waals surface area contributed by atoms with Crippen LogP contribution < -0.4 is 0 Å². The average molecular weight is 249 g/mol. The minimum atomic E-state index is -3.04. The smallest absolute Gasteiger partial charge is 0.211 e. The molecule has 0 saturated carbocycles. The van der Waals surface area contributed by atoms with E-state index in [9.17, 15) is 8.42 Å². The monoisotopic (exact) mass is 249 g/mol. The highest BCUT2D eigenvalue weighted by Crippen LogP contribution is 2.25. The molecule has 1 saturated heterocycles. The van der Waals surface area contributed by atoms with Gasteiger partial charge < -0.3 is 5.11 Å². The zero-order chi connectivity index (χ0) is 12.2. The second kappa shape index (κ2) is 5.98. The predicted molar refractivity (Wildman–Crippen MR) is 64.6 cm³/mol. The molecule has 0 aromatic carbocycles. The van der Waals surface area contributed by atoms with Crippen LogP contribution in [0.1, 0.15) is 32.6 Å². The van der Waals surface area contributed by atoms with Crippen LogP contribution in [0, 0.1) is 11.8 Å². The molecule has 0 amide bonds. The van der Waals surface area contributed by atoms with E-state index < -0.39 is 10.0 Å². The molecule has 2 unspecified atom stereocenters. The highest BCUT2D eigenvalue weighted by Gasteiger charge is 2.26. The molecule has 4 nitrogen and oxygen atoms in total. The molecular formula is C11H23NO3S. The van der Waals surface area contributed by atoms with E-state index in [0.29, 0.717) is 24.9 Å². The summed E-state index contributed by atoms with van der Waals surface area (Å²) >= 11 is 0. The maximum absolute atomic E-state index is 11.4. The van der Waals surface area contributed by atoms with E-state index in [1.807, 2.05) is 0 Å². The molecule has 0 bridgehead atoms. The first-order valence-electron chi connectivity index (χ1n) is 6.03. The number of hydrogen-bond donors (Lipinski definition) is 1. The summed E-state index contributed by atoms with van der Waals surface area (Å²) in [6.07, 6.45) is 5.21. The largest absolute Gasteiger partial charge is 0.396 e. The molecular weight excluding hydrogens is 226 g/mol. The third-order valence-electron chi connectivity index (χ3n) is 3.45. The van der Waals surface area contributed by atoms with Gasteiger partial charge in [0.05, 0.1) is 6.26 Å². The fraction of sp³-hybridized carbons (Fsp3) is 1.00. The van der Waals surface area contributed by atoms with Crippen molar-refractivity contribution in [2.45, 2.75) is 32.6 Å². The Morgan fingerprint density at radius 1 is 1.50 bits per heavy atom. The van der Waals surface area contributed by atoms with E-state index in [0.717, 1.165) is 25.7 Å². The number of piperidine rings is 1. The molecule has 5 heteroatoms. The molecule has 1 fully saturated rings. The molecule has 1 N–H and O–H groups in total. The zero-order valence-electron chi connectivity index (χ0n) is 10.2. The van der Waals surface area contributed by atoms with Crippen molar-refractivity contribution >= 4 is 10.0 Å². The molecule has 0 aromatic heterocycles. The van der Waals surface area contributed by atoms with Gasteiger partial charge in [0.2, 0.25) is 10.0 Å². The van der Waals surface area contributed by atoms with Gasteiger partial charge in [0.1, 0.15) is 0 Å². The van der Waals surface area contributed by atoms with Crippen molar-refractivity contribution in [2.24, 2.45) is 11.8 Å². The van der Waals surface area contributed by atoms with Crippen LogP contribution in [-0.4, -0.2) is 43.8 Å². The van der Waals surface area contributed by atoms with Gasteiger partial charge in [-0.3, -0.25) is 0 Å². The van der Waals surface area contributed by atoms with E-state index in [-0.39, 0.29) is 6.61 Å². The molecule has 16 heavy (non-hydrogen) atoms. The molecule has 0 spiro atoms. The molecule has 0 radical (unpaired) electrons. The molecule has 0 aliphatic carbocycles. The van der Waals surface area contributed by atoms with E-state index >= 15 is 0 Å². The van der Waals surface area contributed by atoms with Crippen molar-refractivity contribution < 1.29 is 13.5 Å². The summed E-state index contributed by atoms with van der Waals surface area (Å²) in [5.41, 5.74) is 0. The molecule has 1 aliphatic rings. The third-order valence-corrected chi connectivity index (χ3v) is 4.72. The Bertz CT molecular complexity index is 298. The Labute approximate surface area is 98.7 Å². The van der Waals surface area contributed by atoms with Crippen LogP contribution >= 0.6 is 0 Å². The van der Waals surface area contributed by atoms with Crippen molar-refractivity contribution in [1.29, 1.82) is 0 Å². The van der Waals surface area contributed by atoms with Gasteiger partial charge in [-0.05, 0) is 31.1 Å². The maximum atomic E-state index is 11.4. The average Bonchev–Trinajstić information content (AvgIpc) is 2.25. The number of sulfonamides is 1. The summed E-state index contributed by atoms with van der Waals surface area (Å²) in [5, 5.41) is 9.15. The van der Waals surface area contributed by atoms with Crippen LogP contribution in [0.15, 0.2) is 0 Å². The van der Waals surface area contributed by atoms with Gasteiger partial charge in [0.25, 0.3) is 0 Å². The second-order valence-corrected chi connectivity index (χ2v) is 6.80. The van der Waals surface area contributed by atoms with Gasteiger partial charge in [-0.1, -0.05) is 13.3 Å². The lowest BCUT2D eigenvalue weighted by Crippen LogP contribution is -2.39. The maximum Gasteiger partial charge on any atom is 0.211 e. The third kappa shape index (κ3) is 4.03. The predicted octanol–water partition coefficient (Wildman–Crippen LogP) is 1.07. The van der Waals surface area contributed by atoms with Gasteiger partial charge in [-0.15, -0.1) is 0 Å². The zero-order valence-corrected chi connectivity index (χ0v) is 11.0. The van der Waals surface area contributed by atoms with Gasteiger partial charge in [-0.25, -0.2) is 12.7 Å². The van der Waals surface area contributed by atoms with Gasteiger partial charge in [-0.2, -0.15) is 0 Å². The first-order valence-corrected chi connectivity index (χ1v) is 7.88. The lowest BCUT2D eigenvalue weighted by atomic mass is 9.88. The van der Waals surface area contributed by atoms with E-state index in [1.54, 1.807) is 4.31 Å². The number of nitrogens with zero attached hydrogens (tertiary/aromatic N) is 1. The highest BCUT2D eigenvalue weighted by molar-refractivity contribution is 7.88. The Hall–Kier alpha value is -0.130. The van der Waals surface area contributed by atoms with Crippen molar-refractivity contribution in [3.05, 3.63) is 0 Å². The number of aliphatic hydroxyl groups is 1. The number of hydrogen-bond acceptors (Lipinski definition) is 3. The highest BCUT2D eigenvalue weighted by atomic mass is 32.2. The SMILES string of the molecule is CCC(CO)CC1CCCN(S(C)(=O)=O)C1. The normalized spacial score (nSPS) is 25.6. The van der Waals surface area contributed by atoms with Crippen LogP contribution in [0.3, 0.4) is 0 Å². The van der Waals surface area contributed by atoms with Crippen molar-refractivity contribution in [2.75, 3.05) is 26.0 Å². The van der Waals surface area contributed by atoms with Crippen LogP contribution in [-0.2, 0) is 10.0 Å². The van der Waals surface area contributed by atoms with Crippen LogP contribution in [0.25, 0.3) is 0 Å². The molecule has 1 rings (SSSR count). The molecule has 1 aliphatic heterocycles. The van der Waals surface area contributed by atoms with Crippen molar-refractivity contribution in [3.63, 3.8) is 0 Å². The fourth-order valence-corrected chi connectivity index (χ4v) is 3.30. The Morgan fingerprint density at radius 2 is 2.19 bits per heavy atom.